The van der Waals surface area contributed by atoms with Gasteiger partial charge in [-0.05, 0) is 12.0 Å². The van der Waals surface area contributed by atoms with E-state index in [1.807, 2.05) is 16.9 Å². The molecule has 0 spiro atoms. The van der Waals surface area contributed by atoms with Crippen molar-refractivity contribution in [3.63, 3.8) is 0 Å². The monoisotopic (exact) mass is 251 g/mol. The Hall–Kier alpha value is -1.56. The lowest BCUT2D eigenvalue weighted by Crippen LogP contribution is -2.45. The summed E-state index contributed by atoms with van der Waals surface area (Å²) in [4.78, 5) is 6.53. The molecule has 18 heavy (non-hydrogen) atoms. The van der Waals surface area contributed by atoms with Crippen LogP contribution in [0, 0.1) is 5.92 Å². The average molecular weight is 251 g/mol. The largest absolute Gasteiger partial charge is 0.378 e. The van der Waals surface area contributed by atoms with Crippen molar-refractivity contribution in [1.29, 1.82) is 0 Å². The van der Waals surface area contributed by atoms with E-state index < -0.39 is 0 Å². The van der Waals surface area contributed by atoms with Gasteiger partial charge in [0.05, 0.1) is 13.2 Å². The summed E-state index contributed by atoms with van der Waals surface area (Å²) in [7, 11) is 0. The summed E-state index contributed by atoms with van der Waals surface area (Å²) in [6, 6.07) is 1.93. The second-order valence-electron chi connectivity index (χ2n) is 4.63. The molecule has 1 aromatic rings. The van der Waals surface area contributed by atoms with Crippen LogP contribution in [0.2, 0.25) is 0 Å². The van der Waals surface area contributed by atoms with Gasteiger partial charge in [-0.2, -0.15) is 5.10 Å². The quantitative estimate of drug-likeness (QED) is 0.611. The van der Waals surface area contributed by atoms with Crippen LogP contribution in [0.4, 0.5) is 0 Å². The number of hydrogen-bond acceptors (Lipinski definition) is 3. The fourth-order valence-corrected chi connectivity index (χ4v) is 1.93. The van der Waals surface area contributed by atoms with Crippen LogP contribution < -0.4 is 5.73 Å². The fourth-order valence-electron chi connectivity index (χ4n) is 1.93. The molecule has 6 heteroatoms. The second-order valence-corrected chi connectivity index (χ2v) is 4.63. The van der Waals surface area contributed by atoms with Gasteiger partial charge in [0.15, 0.2) is 5.96 Å². The number of ether oxygens (including phenoxy) is 1. The summed E-state index contributed by atoms with van der Waals surface area (Å²) >= 11 is 0. The molecule has 6 nitrogen and oxygen atoms in total. The van der Waals surface area contributed by atoms with Gasteiger partial charge in [-0.3, -0.25) is 9.67 Å². The highest BCUT2D eigenvalue weighted by molar-refractivity contribution is 5.78. The van der Waals surface area contributed by atoms with Crippen LogP contribution >= 0.6 is 0 Å². The van der Waals surface area contributed by atoms with E-state index in [4.69, 9.17) is 10.5 Å². The van der Waals surface area contributed by atoms with Gasteiger partial charge >= 0.3 is 0 Å². The summed E-state index contributed by atoms with van der Waals surface area (Å²) in [6.07, 6.45) is 3.75. The standard InChI is InChI=1S/C12H21N5O/c1-11(10-17-4-2-3-15-17)9-14-12(13)16-5-7-18-8-6-16/h2-4,11H,5-10H2,1H3,(H2,13,14). The lowest BCUT2D eigenvalue weighted by molar-refractivity contribution is 0.0674. The van der Waals surface area contributed by atoms with Crippen molar-refractivity contribution in [3.8, 4) is 0 Å². The van der Waals surface area contributed by atoms with Gasteiger partial charge in [-0.25, -0.2) is 0 Å². The van der Waals surface area contributed by atoms with E-state index in [2.05, 4.69) is 21.9 Å². The van der Waals surface area contributed by atoms with Gasteiger partial charge in [0, 0.05) is 38.6 Å². The van der Waals surface area contributed by atoms with Gasteiger partial charge in [-0.1, -0.05) is 6.92 Å². The molecule has 1 aliphatic heterocycles. The van der Waals surface area contributed by atoms with Crippen LogP contribution in [0.1, 0.15) is 6.92 Å². The van der Waals surface area contributed by atoms with Crippen molar-refractivity contribution in [2.45, 2.75) is 13.5 Å². The number of aliphatic imine (C=N–C) groups is 1. The first-order valence-corrected chi connectivity index (χ1v) is 6.36. The Morgan fingerprint density at radius 2 is 2.28 bits per heavy atom. The lowest BCUT2D eigenvalue weighted by Gasteiger charge is -2.27. The maximum absolute atomic E-state index is 5.97. The lowest BCUT2D eigenvalue weighted by atomic mass is 10.2. The molecule has 0 aliphatic carbocycles. The Bertz CT molecular complexity index is 370. The van der Waals surface area contributed by atoms with Crippen LogP contribution in [-0.2, 0) is 11.3 Å². The zero-order valence-corrected chi connectivity index (χ0v) is 10.8. The number of nitrogens with two attached hydrogens (primary N) is 1. The highest BCUT2D eigenvalue weighted by atomic mass is 16.5. The highest BCUT2D eigenvalue weighted by Gasteiger charge is 2.12. The van der Waals surface area contributed by atoms with Gasteiger partial charge in [0.25, 0.3) is 0 Å². The van der Waals surface area contributed by atoms with Crippen LogP contribution in [0.5, 0.6) is 0 Å². The molecule has 2 heterocycles. The van der Waals surface area contributed by atoms with Gasteiger partial charge < -0.3 is 15.4 Å². The summed E-state index contributed by atoms with van der Waals surface area (Å²) < 4.78 is 7.20. The molecule has 1 aliphatic rings. The Labute approximate surface area is 107 Å². The van der Waals surface area contributed by atoms with E-state index in [1.165, 1.54) is 0 Å². The first-order valence-electron chi connectivity index (χ1n) is 6.36. The Balaban J connectivity index is 1.78. The van der Waals surface area contributed by atoms with Crippen LogP contribution in [-0.4, -0.2) is 53.5 Å². The SMILES string of the molecule is CC(CN=C(N)N1CCOCC1)Cn1cccn1. The Morgan fingerprint density at radius 1 is 1.50 bits per heavy atom. The van der Waals surface area contributed by atoms with Gasteiger partial charge in [0.1, 0.15) is 0 Å². The molecule has 0 amide bonds. The van der Waals surface area contributed by atoms with E-state index >= 15 is 0 Å². The van der Waals surface area contributed by atoms with E-state index in [9.17, 15) is 0 Å². The van der Waals surface area contributed by atoms with E-state index in [0.29, 0.717) is 11.9 Å². The number of rotatable bonds is 4. The minimum Gasteiger partial charge on any atom is -0.378 e. The summed E-state index contributed by atoms with van der Waals surface area (Å²) in [6.45, 7) is 6.89. The number of guanidine groups is 1. The van der Waals surface area contributed by atoms with Crippen LogP contribution in [0.15, 0.2) is 23.5 Å². The maximum Gasteiger partial charge on any atom is 0.191 e. The molecule has 1 aromatic heterocycles. The summed E-state index contributed by atoms with van der Waals surface area (Å²) in [5.74, 6) is 1.05. The topological polar surface area (TPSA) is 68.7 Å². The number of hydrogen-bond donors (Lipinski definition) is 1. The molecule has 2 rings (SSSR count). The summed E-state index contributed by atoms with van der Waals surface area (Å²) in [5, 5.41) is 4.18. The number of aromatic nitrogens is 2. The third-order valence-electron chi connectivity index (χ3n) is 2.96. The van der Waals surface area contributed by atoms with Crippen molar-refractivity contribution >= 4 is 5.96 Å². The third kappa shape index (κ3) is 3.73. The minimum absolute atomic E-state index is 0.421. The molecule has 1 fully saturated rings. The smallest absolute Gasteiger partial charge is 0.191 e. The molecule has 0 aromatic carbocycles. The summed E-state index contributed by atoms with van der Waals surface area (Å²) in [5.41, 5.74) is 5.97. The van der Waals surface area contributed by atoms with Crippen molar-refractivity contribution in [2.75, 3.05) is 32.8 Å². The number of morpholine rings is 1. The van der Waals surface area contributed by atoms with E-state index in [0.717, 1.165) is 39.4 Å². The van der Waals surface area contributed by atoms with Crippen LogP contribution in [0.3, 0.4) is 0 Å². The zero-order valence-electron chi connectivity index (χ0n) is 10.8. The van der Waals surface area contributed by atoms with E-state index in [1.54, 1.807) is 6.20 Å². The average Bonchev–Trinajstić information content (AvgIpc) is 2.90. The second kappa shape index (κ2) is 6.39. The van der Waals surface area contributed by atoms with Crippen LogP contribution in [0.25, 0.3) is 0 Å². The van der Waals surface area contributed by atoms with Crippen molar-refractivity contribution in [1.82, 2.24) is 14.7 Å². The first kappa shape index (κ1) is 12.9. The molecule has 0 radical (unpaired) electrons. The van der Waals surface area contributed by atoms with E-state index in [-0.39, 0.29) is 0 Å². The van der Waals surface area contributed by atoms with Crippen molar-refractivity contribution < 1.29 is 4.74 Å². The van der Waals surface area contributed by atoms with Gasteiger partial charge in [0.2, 0.25) is 0 Å². The first-order chi connectivity index (χ1) is 8.75. The molecule has 0 saturated carbocycles. The molecule has 2 N–H and O–H groups in total. The third-order valence-corrected chi connectivity index (χ3v) is 2.96. The van der Waals surface area contributed by atoms with Gasteiger partial charge in [-0.15, -0.1) is 0 Å². The molecule has 1 saturated heterocycles. The molecular formula is C12H21N5O. The molecule has 0 bridgehead atoms. The molecular weight excluding hydrogens is 230 g/mol. The minimum atomic E-state index is 0.421. The Morgan fingerprint density at radius 3 is 2.94 bits per heavy atom. The molecule has 1 atom stereocenters. The maximum atomic E-state index is 5.97. The zero-order chi connectivity index (χ0) is 12.8. The normalized spacial score (nSPS) is 18.9. The fraction of sp³-hybridized carbons (Fsp3) is 0.667. The van der Waals surface area contributed by atoms with Crippen molar-refractivity contribution in [3.05, 3.63) is 18.5 Å². The predicted octanol–water partition coefficient (Wildman–Crippen LogP) is 0.166. The molecule has 100 valence electrons. The molecule has 1 unspecified atom stereocenters. The number of nitrogens with zero attached hydrogens (tertiary/aromatic N) is 4. The van der Waals surface area contributed by atoms with Crippen molar-refractivity contribution in [2.24, 2.45) is 16.6 Å². The Kier molecular flexibility index (Phi) is 4.58. The highest BCUT2D eigenvalue weighted by Crippen LogP contribution is 2.02. The predicted molar refractivity (Wildman–Crippen MR) is 70.3 cm³/mol.